The summed E-state index contributed by atoms with van der Waals surface area (Å²) in [6.07, 6.45) is 1.37. The lowest BCUT2D eigenvalue weighted by atomic mass is 10.2. The summed E-state index contributed by atoms with van der Waals surface area (Å²) in [7, 11) is 1.57. The van der Waals surface area contributed by atoms with Gasteiger partial charge in [-0.15, -0.1) is 0 Å². The number of ether oxygens (including phenoxy) is 1. The van der Waals surface area contributed by atoms with Crippen LogP contribution in [-0.4, -0.2) is 53.4 Å². The van der Waals surface area contributed by atoms with E-state index in [-0.39, 0.29) is 19.0 Å². The van der Waals surface area contributed by atoms with E-state index in [0.717, 1.165) is 5.56 Å². The maximum absolute atomic E-state index is 11.9. The maximum atomic E-state index is 11.9. The molecule has 1 aliphatic heterocycles. The number of methoxy groups -OCH3 is 1. The molecule has 0 aliphatic carbocycles. The molecule has 2 N–H and O–H groups in total. The highest BCUT2D eigenvalue weighted by atomic mass is 16.5. The van der Waals surface area contributed by atoms with E-state index in [4.69, 9.17) is 4.74 Å². The summed E-state index contributed by atoms with van der Waals surface area (Å²) < 4.78 is 5.18. The number of β-amino-alcohol motifs (C(OH)–C–C–N with tert-alkyl or cyclic N) is 2. The van der Waals surface area contributed by atoms with Crippen LogP contribution < -0.4 is 4.74 Å². The van der Waals surface area contributed by atoms with Crippen molar-refractivity contribution in [1.82, 2.24) is 4.90 Å². The lowest BCUT2D eigenvalue weighted by Crippen LogP contribution is -2.27. The molecular formula is C14H17NO4. The fourth-order valence-electron chi connectivity index (χ4n) is 2.02. The minimum Gasteiger partial charge on any atom is -0.496 e. The standard InChI is InChI=1S/C14H17NO4/c1-19-13-5-3-2-4-10(13)6-7-14(18)15-8-11(16)12(17)9-15/h2-7,11-12,16-17H,8-9H2,1H3/t11-,12+. The molecule has 0 bridgehead atoms. The van der Waals surface area contributed by atoms with Gasteiger partial charge in [-0.05, 0) is 12.1 Å². The van der Waals surface area contributed by atoms with Gasteiger partial charge in [-0.25, -0.2) is 0 Å². The van der Waals surface area contributed by atoms with Crippen molar-refractivity contribution >= 4 is 12.0 Å². The Hall–Kier alpha value is -1.85. The molecule has 2 atom stereocenters. The smallest absolute Gasteiger partial charge is 0.246 e. The number of aliphatic hydroxyl groups is 2. The Morgan fingerprint density at radius 1 is 1.32 bits per heavy atom. The second kappa shape index (κ2) is 5.86. The number of carbonyl (C=O) groups is 1. The molecule has 2 rings (SSSR count). The number of carbonyl (C=O) groups excluding carboxylic acids is 1. The zero-order valence-corrected chi connectivity index (χ0v) is 10.7. The monoisotopic (exact) mass is 263 g/mol. The van der Waals surface area contributed by atoms with Crippen LogP contribution in [0.2, 0.25) is 0 Å². The first-order valence-corrected chi connectivity index (χ1v) is 6.08. The molecule has 0 spiro atoms. The van der Waals surface area contributed by atoms with Gasteiger partial charge in [-0.2, -0.15) is 0 Å². The van der Waals surface area contributed by atoms with E-state index in [9.17, 15) is 15.0 Å². The average Bonchev–Trinajstić information content (AvgIpc) is 2.76. The third-order valence-corrected chi connectivity index (χ3v) is 3.12. The summed E-state index contributed by atoms with van der Waals surface area (Å²) in [5.74, 6) is 0.453. The number of aliphatic hydroxyl groups excluding tert-OH is 2. The van der Waals surface area contributed by atoms with Crippen molar-refractivity contribution in [1.29, 1.82) is 0 Å². The van der Waals surface area contributed by atoms with Gasteiger partial charge in [0, 0.05) is 24.7 Å². The largest absolute Gasteiger partial charge is 0.496 e. The van der Waals surface area contributed by atoms with Crippen molar-refractivity contribution < 1.29 is 19.7 Å². The predicted octanol–water partition coefficient (Wildman–Crippen LogP) is 0.272. The summed E-state index contributed by atoms with van der Waals surface area (Å²) in [6, 6.07) is 7.37. The molecule has 0 saturated carbocycles. The SMILES string of the molecule is COc1ccccc1C=CC(=O)N1C[C@@H](O)[C@@H](O)C1. The Kier molecular flexibility index (Phi) is 4.19. The van der Waals surface area contributed by atoms with Crippen LogP contribution in [0.25, 0.3) is 6.08 Å². The van der Waals surface area contributed by atoms with Crippen LogP contribution in [0.3, 0.4) is 0 Å². The Bertz CT molecular complexity index is 476. The van der Waals surface area contributed by atoms with E-state index in [0.29, 0.717) is 5.75 Å². The molecule has 1 aromatic carbocycles. The minimum absolute atomic E-state index is 0.163. The van der Waals surface area contributed by atoms with Crippen LogP contribution in [0.15, 0.2) is 30.3 Å². The summed E-state index contributed by atoms with van der Waals surface area (Å²) in [6.45, 7) is 0.326. The number of hydrogen-bond acceptors (Lipinski definition) is 4. The Morgan fingerprint density at radius 2 is 1.95 bits per heavy atom. The molecule has 1 amide bonds. The number of hydrogen-bond donors (Lipinski definition) is 2. The molecule has 1 fully saturated rings. The van der Waals surface area contributed by atoms with E-state index in [1.807, 2.05) is 24.3 Å². The summed E-state index contributed by atoms with van der Waals surface area (Å²) in [4.78, 5) is 13.3. The van der Waals surface area contributed by atoms with Crippen molar-refractivity contribution in [3.05, 3.63) is 35.9 Å². The molecule has 1 aromatic rings. The number of rotatable bonds is 3. The molecule has 0 unspecified atom stereocenters. The van der Waals surface area contributed by atoms with Gasteiger partial charge in [0.05, 0.1) is 19.3 Å². The molecule has 5 nitrogen and oxygen atoms in total. The van der Waals surface area contributed by atoms with Crippen LogP contribution in [0, 0.1) is 0 Å². The summed E-state index contributed by atoms with van der Waals surface area (Å²) in [5, 5.41) is 18.8. The molecule has 5 heteroatoms. The Balaban J connectivity index is 2.04. The highest BCUT2D eigenvalue weighted by molar-refractivity contribution is 5.92. The van der Waals surface area contributed by atoms with Gasteiger partial charge in [0.2, 0.25) is 5.91 Å². The van der Waals surface area contributed by atoms with Gasteiger partial charge >= 0.3 is 0 Å². The fraction of sp³-hybridized carbons (Fsp3) is 0.357. The van der Waals surface area contributed by atoms with Gasteiger partial charge in [0.1, 0.15) is 5.75 Å². The van der Waals surface area contributed by atoms with Crippen LogP contribution >= 0.6 is 0 Å². The van der Waals surface area contributed by atoms with E-state index in [1.54, 1.807) is 13.2 Å². The minimum atomic E-state index is -0.858. The molecule has 1 saturated heterocycles. The van der Waals surface area contributed by atoms with Crippen molar-refractivity contribution in [2.75, 3.05) is 20.2 Å². The first-order chi connectivity index (χ1) is 9.11. The summed E-state index contributed by atoms with van der Waals surface area (Å²) in [5.41, 5.74) is 0.804. The van der Waals surface area contributed by atoms with Gasteiger partial charge in [-0.3, -0.25) is 4.79 Å². The normalized spacial score (nSPS) is 23.0. The van der Waals surface area contributed by atoms with Crippen LogP contribution in [0.1, 0.15) is 5.56 Å². The van der Waals surface area contributed by atoms with Crippen LogP contribution in [0.4, 0.5) is 0 Å². The second-order valence-electron chi connectivity index (χ2n) is 4.45. The fourth-order valence-corrected chi connectivity index (χ4v) is 2.02. The Morgan fingerprint density at radius 3 is 2.58 bits per heavy atom. The van der Waals surface area contributed by atoms with Crippen molar-refractivity contribution in [2.45, 2.75) is 12.2 Å². The van der Waals surface area contributed by atoms with E-state index in [1.165, 1.54) is 11.0 Å². The lowest BCUT2D eigenvalue weighted by Gasteiger charge is -2.12. The quantitative estimate of drug-likeness (QED) is 0.768. The van der Waals surface area contributed by atoms with Crippen molar-refractivity contribution in [2.24, 2.45) is 0 Å². The highest BCUT2D eigenvalue weighted by Crippen LogP contribution is 2.19. The molecule has 1 heterocycles. The van der Waals surface area contributed by atoms with E-state index in [2.05, 4.69) is 0 Å². The number of para-hydroxylation sites is 1. The topological polar surface area (TPSA) is 70.0 Å². The average molecular weight is 263 g/mol. The first kappa shape index (κ1) is 13.6. The third kappa shape index (κ3) is 3.13. The molecule has 0 aromatic heterocycles. The molecule has 1 aliphatic rings. The maximum Gasteiger partial charge on any atom is 0.246 e. The number of benzene rings is 1. The molecule has 102 valence electrons. The molecular weight excluding hydrogens is 246 g/mol. The zero-order valence-electron chi connectivity index (χ0n) is 10.7. The molecule has 0 radical (unpaired) electrons. The number of likely N-dealkylation sites (tertiary alicyclic amines) is 1. The van der Waals surface area contributed by atoms with Gasteiger partial charge in [0.25, 0.3) is 0 Å². The number of nitrogens with zero attached hydrogens (tertiary/aromatic N) is 1. The van der Waals surface area contributed by atoms with Gasteiger partial charge in [-0.1, -0.05) is 18.2 Å². The summed E-state index contributed by atoms with van der Waals surface area (Å²) >= 11 is 0. The van der Waals surface area contributed by atoms with E-state index >= 15 is 0 Å². The highest BCUT2D eigenvalue weighted by Gasteiger charge is 2.31. The predicted molar refractivity (Wildman–Crippen MR) is 70.6 cm³/mol. The zero-order chi connectivity index (χ0) is 13.8. The third-order valence-electron chi connectivity index (χ3n) is 3.12. The van der Waals surface area contributed by atoms with Crippen LogP contribution in [0.5, 0.6) is 5.75 Å². The van der Waals surface area contributed by atoms with E-state index < -0.39 is 12.2 Å². The van der Waals surface area contributed by atoms with Crippen LogP contribution in [-0.2, 0) is 4.79 Å². The van der Waals surface area contributed by atoms with Gasteiger partial charge in [0.15, 0.2) is 0 Å². The number of amides is 1. The molecule has 19 heavy (non-hydrogen) atoms. The first-order valence-electron chi connectivity index (χ1n) is 6.08. The van der Waals surface area contributed by atoms with Gasteiger partial charge < -0.3 is 19.8 Å². The second-order valence-corrected chi connectivity index (χ2v) is 4.45. The van der Waals surface area contributed by atoms with Crippen molar-refractivity contribution in [3.63, 3.8) is 0 Å². The van der Waals surface area contributed by atoms with Crippen molar-refractivity contribution in [3.8, 4) is 5.75 Å². The lowest BCUT2D eigenvalue weighted by molar-refractivity contribution is -0.125. The Labute approximate surface area is 111 Å².